The molecule has 0 aliphatic rings. The molecule has 0 spiro atoms. The summed E-state index contributed by atoms with van der Waals surface area (Å²) in [6.07, 6.45) is 1.18. The summed E-state index contributed by atoms with van der Waals surface area (Å²) < 4.78 is 1.89. The van der Waals surface area contributed by atoms with Crippen LogP contribution in [0.4, 0.5) is 5.69 Å². The van der Waals surface area contributed by atoms with Crippen molar-refractivity contribution < 1.29 is 9.59 Å². The Morgan fingerprint density at radius 1 is 1.38 bits per heavy atom. The lowest BCUT2D eigenvalue weighted by molar-refractivity contribution is -0.129. The smallest absolute Gasteiger partial charge is 0.246 e. The van der Waals surface area contributed by atoms with Crippen LogP contribution in [0.5, 0.6) is 0 Å². The van der Waals surface area contributed by atoms with E-state index in [1.54, 1.807) is 7.05 Å². The maximum Gasteiger partial charge on any atom is 0.246 e. The molecule has 0 aromatic carbocycles. The Hall–Kier alpha value is -2.11. The first-order valence-electron chi connectivity index (χ1n) is 6.82. The van der Waals surface area contributed by atoms with E-state index < -0.39 is 0 Å². The SMILES string of the molecule is C=CC(=O)N(C)CC(=O)Nc1c(C)nn(C(C)(C)C)c1C. The molecule has 6 nitrogen and oxygen atoms in total. The molecule has 0 radical (unpaired) electrons. The van der Waals surface area contributed by atoms with Crippen LogP contribution in [0.1, 0.15) is 32.2 Å². The third-order valence-electron chi connectivity index (χ3n) is 3.12. The minimum Gasteiger partial charge on any atom is -0.333 e. The third-order valence-corrected chi connectivity index (χ3v) is 3.12. The van der Waals surface area contributed by atoms with E-state index in [1.165, 1.54) is 11.0 Å². The molecule has 116 valence electrons. The average Bonchev–Trinajstić information content (AvgIpc) is 2.65. The van der Waals surface area contributed by atoms with Gasteiger partial charge in [-0.2, -0.15) is 5.10 Å². The van der Waals surface area contributed by atoms with E-state index in [2.05, 4.69) is 37.8 Å². The Morgan fingerprint density at radius 2 is 1.95 bits per heavy atom. The standard InChI is InChI=1S/C15H24N4O2/c1-8-13(21)18(7)9-12(20)16-14-10(2)17-19(11(14)3)15(4,5)6/h8H,1,9H2,2-7H3,(H,16,20). The minimum atomic E-state index is -0.288. The van der Waals surface area contributed by atoms with E-state index in [1.807, 2.05) is 18.5 Å². The Labute approximate surface area is 125 Å². The third kappa shape index (κ3) is 3.93. The zero-order chi connectivity index (χ0) is 16.4. The molecule has 0 atom stereocenters. The Balaban J connectivity index is 2.89. The Bertz CT molecular complexity index is 567. The van der Waals surface area contributed by atoms with Gasteiger partial charge in [0, 0.05) is 7.05 Å². The maximum atomic E-state index is 12.0. The average molecular weight is 292 g/mol. The molecule has 0 unspecified atom stereocenters. The van der Waals surface area contributed by atoms with Crippen LogP contribution in [0.2, 0.25) is 0 Å². The number of carbonyl (C=O) groups excluding carboxylic acids is 2. The monoisotopic (exact) mass is 292 g/mol. The predicted octanol–water partition coefficient (Wildman–Crippen LogP) is 1.84. The van der Waals surface area contributed by atoms with Crippen molar-refractivity contribution in [1.29, 1.82) is 0 Å². The van der Waals surface area contributed by atoms with Gasteiger partial charge in [-0.3, -0.25) is 14.3 Å². The largest absolute Gasteiger partial charge is 0.333 e. The van der Waals surface area contributed by atoms with Gasteiger partial charge in [0.2, 0.25) is 11.8 Å². The summed E-state index contributed by atoms with van der Waals surface area (Å²) in [7, 11) is 1.56. The van der Waals surface area contributed by atoms with Crippen molar-refractivity contribution >= 4 is 17.5 Å². The lowest BCUT2D eigenvalue weighted by Crippen LogP contribution is -2.34. The molecule has 0 saturated carbocycles. The molecule has 1 heterocycles. The molecule has 21 heavy (non-hydrogen) atoms. The highest BCUT2D eigenvalue weighted by Gasteiger charge is 2.22. The van der Waals surface area contributed by atoms with Gasteiger partial charge in [0.15, 0.2) is 0 Å². The van der Waals surface area contributed by atoms with Crippen LogP contribution in [0.3, 0.4) is 0 Å². The molecule has 0 bridgehead atoms. The molecule has 1 aromatic rings. The number of carbonyl (C=O) groups is 2. The first-order valence-corrected chi connectivity index (χ1v) is 6.82. The second-order valence-corrected chi connectivity index (χ2v) is 6.08. The molecular formula is C15H24N4O2. The highest BCUT2D eigenvalue weighted by atomic mass is 16.2. The summed E-state index contributed by atoms with van der Waals surface area (Å²) in [4.78, 5) is 24.7. The zero-order valence-electron chi connectivity index (χ0n) is 13.6. The normalized spacial score (nSPS) is 11.1. The van der Waals surface area contributed by atoms with Crippen molar-refractivity contribution in [1.82, 2.24) is 14.7 Å². The fourth-order valence-electron chi connectivity index (χ4n) is 2.10. The van der Waals surface area contributed by atoms with E-state index in [-0.39, 0.29) is 23.9 Å². The number of likely N-dealkylation sites (N-methyl/N-ethyl adjacent to an activating group) is 1. The first kappa shape index (κ1) is 16.9. The summed E-state index contributed by atoms with van der Waals surface area (Å²) in [5.41, 5.74) is 2.20. The maximum absolute atomic E-state index is 12.0. The van der Waals surface area contributed by atoms with Crippen LogP contribution < -0.4 is 5.32 Å². The van der Waals surface area contributed by atoms with Crippen LogP contribution in [0.25, 0.3) is 0 Å². The minimum absolute atomic E-state index is 0.0234. The van der Waals surface area contributed by atoms with Crippen molar-refractivity contribution in [2.24, 2.45) is 0 Å². The van der Waals surface area contributed by atoms with Gasteiger partial charge in [0.1, 0.15) is 0 Å². The Morgan fingerprint density at radius 3 is 2.38 bits per heavy atom. The van der Waals surface area contributed by atoms with Gasteiger partial charge < -0.3 is 10.2 Å². The van der Waals surface area contributed by atoms with E-state index in [4.69, 9.17) is 0 Å². The highest BCUT2D eigenvalue weighted by Crippen LogP contribution is 2.25. The number of hydrogen-bond acceptors (Lipinski definition) is 3. The molecule has 0 aliphatic heterocycles. The quantitative estimate of drug-likeness (QED) is 0.861. The number of hydrogen-bond donors (Lipinski definition) is 1. The summed E-state index contributed by atoms with van der Waals surface area (Å²) in [6, 6.07) is 0. The molecule has 1 N–H and O–H groups in total. The van der Waals surface area contributed by atoms with Crippen molar-refractivity contribution in [3.8, 4) is 0 Å². The lowest BCUT2D eigenvalue weighted by atomic mass is 10.1. The van der Waals surface area contributed by atoms with Gasteiger partial charge in [-0.05, 0) is 40.7 Å². The van der Waals surface area contributed by atoms with Crippen molar-refractivity contribution in [2.45, 2.75) is 40.2 Å². The van der Waals surface area contributed by atoms with Crippen LogP contribution in [0.15, 0.2) is 12.7 Å². The summed E-state index contributed by atoms with van der Waals surface area (Å²) >= 11 is 0. The predicted molar refractivity (Wildman–Crippen MR) is 83.2 cm³/mol. The number of rotatable bonds is 4. The van der Waals surface area contributed by atoms with Crippen molar-refractivity contribution in [3.05, 3.63) is 24.0 Å². The van der Waals surface area contributed by atoms with Gasteiger partial charge in [0.05, 0.1) is 29.2 Å². The molecular weight excluding hydrogens is 268 g/mol. The number of anilines is 1. The van der Waals surface area contributed by atoms with Crippen LogP contribution in [0, 0.1) is 13.8 Å². The number of nitrogens with one attached hydrogen (secondary N) is 1. The van der Waals surface area contributed by atoms with Crippen molar-refractivity contribution in [2.75, 3.05) is 18.9 Å². The number of aromatic nitrogens is 2. The molecule has 1 aromatic heterocycles. The second-order valence-electron chi connectivity index (χ2n) is 6.08. The van der Waals surface area contributed by atoms with Gasteiger partial charge in [-0.15, -0.1) is 0 Å². The van der Waals surface area contributed by atoms with E-state index in [0.717, 1.165) is 11.4 Å². The number of amides is 2. The van der Waals surface area contributed by atoms with Gasteiger partial charge in [0.25, 0.3) is 0 Å². The zero-order valence-corrected chi connectivity index (χ0v) is 13.6. The summed E-state index contributed by atoms with van der Waals surface area (Å²) in [6.45, 7) is 13.3. The first-order chi connectivity index (χ1) is 9.57. The van der Waals surface area contributed by atoms with Gasteiger partial charge in [-0.1, -0.05) is 6.58 Å². The molecule has 1 rings (SSSR count). The van der Waals surface area contributed by atoms with E-state index in [9.17, 15) is 9.59 Å². The van der Waals surface area contributed by atoms with Gasteiger partial charge >= 0.3 is 0 Å². The van der Waals surface area contributed by atoms with E-state index >= 15 is 0 Å². The summed E-state index contributed by atoms with van der Waals surface area (Å²) in [5, 5.41) is 7.30. The number of aryl methyl sites for hydroxylation is 1. The number of nitrogens with zero attached hydrogens (tertiary/aromatic N) is 3. The second kappa shape index (κ2) is 6.11. The van der Waals surface area contributed by atoms with Gasteiger partial charge in [-0.25, -0.2) is 0 Å². The highest BCUT2D eigenvalue weighted by molar-refractivity contribution is 5.97. The fraction of sp³-hybridized carbons (Fsp3) is 0.533. The molecule has 0 saturated heterocycles. The van der Waals surface area contributed by atoms with Crippen LogP contribution in [-0.4, -0.2) is 40.1 Å². The lowest BCUT2D eigenvalue weighted by Gasteiger charge is -2.21. The van der Waals surface area contributed by atoms with Crippen LogP contribution >= 0.6 is 0 Å². The summed E-state index contributed by atoms with van der Waals surface area (Å²) in [5.74, 6) is -0.545. The molecule has 6 heteroatoms. The molecule has 2 amide bonds. The van der Waals surface area contributed by atoms with E-state index in [0.29, 0.717) is 5.69 Å². The topological polar surface area (TPSA) is 67.2 Å². The molecule has 0 aliphatic carbocycles. The van der Waals surface area contributed by atoms with Crippen molar-refractivity contribution in [3.63, 3.8) is 0 Å². The van der Waals surface area contributed by atoms with Crippen LogP contribution in [-0.2, 0) is 15.1 Å². The Kier molecular flexibility index (Phi) is 4.93. The molecule has 0 fully saturated rings. The fourth-order valence-corrected chi connectivity index (χ4v) is 2.10.